The molecule has 1 aromatic heterocycles. The maximum Gasteiger partial charge on any atom is 0.340 e. The molecule has 0 bridgehead atoms. The molecule has 1 atom stereocenters. The van der Waals surface area contributed by atoms with E-state index in [1.165, 1.54) is 25.3 Å². The zero-order valence-corrected chi connectivity index (χ0v) is 12.7. The second-order valence-electron chi connectivity index (χ2n) is 4.62. The summed E-state index contributed by atoms with van der Waals surface area (Å²) in [5, 5.41) is 2.99. The Hall–Kier alpha value is -2.40. The van der Waals surface area contributed by atoms with Crippen molar-refractivity contribution in [2.75, 3.05) is 0 Å². The van der Waals surface area contributed by atoms with Crippen molar-refractivity contribution in [3.63, 3.8) is 0 Å². The van der Waals surface area contributed by atoms with Gasteiger partial charge in [0.2, 0.25) is 0 Å². The average Bonchev–Trinajstić information content (AvgIpc) is 2.54. The van der Waals surface area contributed by atoms with Crippen molar-refractivity contribution in [3.8, 4) is 0 Å². The Morgan fingerprint density at radius 3 is 2.59 bits per heavy atom. The molecule has 114 valence electrons. The number of hydrogen-bond donors (Lipinski definition) is 1. The van der Waals surface area contributed by atoms with E-state index < -0.39 is 12.1 Å². The van der Waals surface area contributed by atoms with Gasteiger partial charge in [-0.3, -0.25) is 4.79 Å². The summed E-state index contributed by atoms with van der Waals surface area (Å²) in [4.78, 5) is 27.6. The number of hydrogen-bond acceptors (Lipinski definition) is 4. The lowest BCUT2D eigenvalue weighted by molar-refractivity contribution is -0.129. The van der Waals surface area contributed by atoms with Gasteiger partial charge >= 0.3 is 5.97 Å². The van der Waals surface area contributed by atoms with Crippen LogP contribution in [0.15, 0.2) is 48.7 Å². The predicted molar refractivity (Wildman–Crippen MR) is 82.4 cm³/mol. The van der Waals surface area contributed by atoms with E-state index in [-0.39, 0.29) is 16.6 Å². The van der Waals surface area contributed by atoms with Crippen molar-refractivity contribution in [3.05, 3.63) is 64.9 Å². The number of rotatable bonds is 5. The van der Waals surface area contributed by atoms with Crippen LogP contribution in [0.5, 0.6) is 0 Å². The minimum atomic E-state index is -0.896. The number of ether oxygens (including phenoxy) is 1. The first kappa shape index (κ1) is 16.0. The number of esters is 1. The maximum absolute atomic E-state index is 11.9. The van der Waals surface area contributed by atoms with Gasteiger partial charge in [-0.15, -0.1) is 0 Å². The topological polar surface area (TPSA) is 68.3 Å². The minimum absolute atomic E-state index is 0.243. The monoisotopic (exact) mass is 318 g/mol. The molecule has 0 aliphatic carbocycles. The molecule has 0 fully saturated rings. The van der Waals surface area contributed by atoms with E-state index in [0.717, 1.165) is 5.56 Å². The van der Waals surface area contributed by atoms with Crippen molar-refractivity contribution in [1.29, 1.82) is 0 Å². The summed E-state index contributed by atoms with van der Waals surface area (Å²) in [5.74, 6) is -0.981. The molecule has 1 N–H and O–H groups in total. The summed E-state index contributed by atoms with van der Waals surface area (Å²) >= 11 is 5.64. The van der Waals surface area contributed by atoms with Gasteiger partial charge in [-0.1, -0.05) is 41.9 Å². The minimum Gasteiger partial charge on any atom is -0.449 e. The molecule has 0 saturated carbocycles. The molecule has 1 amide bonds. The quantitative estimate of drug-likeness (QED) is 0.679. The van der Waals surface area contributed by atoms with E-state index in [1.807, 2.05) is 30.3 Å². The maximum atomic E-state index is 11.9. The Bertz CT molecular complexity index is 644. The average molecular weight is 319 g/mol. The normalized spacial score (nSPS) is 11.5. The Balaban J connectivity index is 1.85. The number of benzene rings is 1. The van der Waals surface area contributed by atoms with Crippen LogP contribution in [0, 0.1) is 0 Å². The van der Waals surface area contributed by atoms with Gasteiger partial charge < -0.3 is 10.1 Å². The van der Waals surface area contributed by atoms with Crippen molar-refractivity contribution in [2.24, 2.45) is 0 Å². The van der Waals surface area contributed by atoms with Crippen LogP contribution in [0.2, 0.25) is 5.15 Å². The first-order valence-corrected chi connectivity index (χ1v) is 7.08. The molecule has 5 nitrogen and oxygen atoms in total. The fourth-order valence-corrected chi connectivity index (χ4v) is 1.82. The highest BCUT2D eigenvalue weighted by Crippen LogP contribution is 2.08. The van der Waals surface area contributed by atoms with Gasteiger partial charge in [0.15, 0.2) is 6.10 Å². The second kappa shape index (κ2) is 7.56. The molecule has 6 heteroatoms. The molecule has 22 heavy (non-hydrogen) atoms. The first-order chi connectivity index (χ1) is 10.6. The standard InChI is InChI=1S/C16H15ClN2O3/c1-11(15(20)19-9-12-5-3-2-4-6-12)22-16(21)13-7-8-14(17)18-10-13/h2-8,10-11H,9H2,1H3,(H,19,20). The smallest absolute Gasteiger partial charge is 0.340 e. The first-order valence-electron chi connectivity index (χ1n) is 6.70. The van der Waals surface area contributed by atoms with Crippen LogP contribution in [0.3, 0.4) is 0 Å². The van der Waals surface area contributed by atoms with Gasteiger partial charge in [0.25, 0.3) is 5.91 Å². The summed E-state index contributed by atoms with van der Waals surface area (Å²) < 4.78 is 5.09. The molecular formula is C16H15ClN2O3. The summed E-state index contributed by atoms with van der Waals surface area (Å²) in [5.41, 5.74) is 1.21. The zero-order chi connectivity index (χ0) is 15.9. The van der Waals surface area contributed by atoms with Gasteiger partial charge in [0, 0.05) is 12.7 Å². The molecular weight excluding hydrogens is 304 g/mol. The van der Waals surface area contributed by atoms with Crippen LogP contribution in [-0.2, 0) is 16.1 Å². The van der Waals surface area contributed by atoms with E-state index in [4.69, 9.17) is 16.3 Å². The summed E-state index contributed by atoms with van der Waals surface area (Å²) in [6.07, 6.45) is 0.408. The van der Waals surface area contributed by atoms with Gasteiger partial charge in [-0.2, -0.15) is 0 Å². The van der Waals surface area contributed by atoms with Gasteiger partial charge in [-0.25, -0.2) is 9.78 Å². The Kier molecular flexibility index (Phi) is 5.49. The predicted octanol–water partition coefficient (Wildman–Crippen LogP) is 2.60. The Morgan fingerprint density at radius 1 is 1.23 bits per heavy atom. The highest BCUT2D eigenvalue weighted by molar-refractivity contribution is 6.29. The second-order valence-corrected chi connectivity index (χ2v) is 5.01. The lowest BCUT2D eigenvalue weighted by Gasteiger charge is -2.13. The summed E-state index contributed by atoms with van der Waals surface area (Å²) in [6, 6.07) is 12.4. The molecule has 1 heterocycles. The highest BCUT2D eigenvalue weighted by atomic mass is 35.5. The molecule has 1 unspecified atom stereocenters. The number of carbonyl (C=O) groups is 2. The lowest BCUT2D eigenvalue weighted by atomic mass is 10.2. The largest absolute Gasteiger partial charge is 0.449 e. The number of nitrogens with one attached hydrogen (secondary N) is 1. The molecule has 1 aromatic carbocycles. The highest BCUT2D eigenvalue weighted by Gasteiger charge is 2.18. The van der Waals surface area contributed by atoms with Gasteiger partial charge in [0.05, 0.1) is 5.56 Å². The lowest BCUT2D eigenvalue weighted by Crippen LogP contribution is -2.35. The number of amides is 1. The number of aromatic nitrogens is 1. The number of carbonyl (C=O) groups excluding carboxylic acids is 2. The fraction of sp³-hybridized carbons (Fsp3) is 0.188. The van der Waals surface area contributed by atoms with Crippen LogP contribution in [0.4, 0.5) is 0 Å². The van der Waals surface area contributed by atoms with E-state index in [0.29, 0.717) is 6.54 Å². The molecule has 2 rings (SSSR count). The third-order valence-corrected chi connectivity index (χ3v) is 3.15. The third-order valence-electron chi connectivity index (χ3n) is 2.93. The molecule has 0 saturated heterocycles. The van der Waals surface area contributed by atoms with Crippen molar-refractivity contribution >= 4 is 23.5 Å². The third kappa shape index (κ3) is 4.56. The van der Waals surface area contributed by atoms with E-state index in [9.17, 15) is 9.59 Å². The van der Waals surface area contributed by atoms with Gasteiger partial charge in [-0.05, 0) is 24.6 Å². The van der Waals surface area contributed by atoms with E-state index in [1.54, 1.807) is 0 Å². The van der Waals surface area contributed by atoms with E-state index >= 15 is 0 Å². The Labute approximate surface area is 133 Å². The summed E-state index contributed by atoms with van der Waals surface area (Å²) in [7, 11) is 0. The van der Waals surface area contributed by atoms with Crippen LogP contribution < -0.4 is 5.32 Å². The van der Waals surface area contributed by atoms with Crippen LogP contribution in [-0.4, -0.2) is 23.0 Å². The van der Waals surface area contributed by atoms with Crippen molar-refractivity contribution in [1.82, 2.24) is 10.3 Å². The molecule has 0 radical (unpaired) electrons. The van der Waals surface area contributed by atoms with Crippen molar-refractivity contribution < 1.29 is 14.3 Å². The van der Waals surface area contributed by atoms with Crippen LogP contribution in [0.1, 0.15) is 22.8 Å². The SMILES string of the molecule is CC(OC(=O)c1ccc(Cl)nc1)C(=O)NCc1ccccc1. The van der Waals surface area contributed by atoms with Crippen LogP contribution in [0.25, 0.3) is 0 Å². The molecule has 0 aliphatic heterocycles. The molecule has 2 aromatic rings. The summed E-state index contributed by atoms with van der Waals surface area (Å²) in [6.45, 7) is 1.89. The number of halogens is 1. The van der Waals surface area contributed by atoms with Crippen molar-refractivity contribution in [2.45, 2.75) is 19.6 Å². The molecule has 0 aliphatic rings. The zero-order valence-electron chi connectivity index (χ0n) is 12.0. The number of pyridine rings is 1. The number of nitrogens with zero attached hydrogens (tertiary/aromatic N) is 1. The fourth-order valence-electron chi connectivity index (χ4n) is 1.71. The molecule has 0 spiro atoms. The van der Waals surface area contributed by atoms with Crippen LogP contribution >= 0.6 is 11.6 Å². The van der Waals surface area contributed by atoms with Gasteiger partial charge in [0.1, 0.15) is 5.15 Å². The van der Waals surface area contributed by atoms with E-state index in [2.05, 4.69) is 10.3 Å². The Morgan fingerprint density at radius 2 is 1.95 bits per heavy atom.